The van der Waals surface area contributed by atoms with E-state index < -0.39 is 17.7 Å². The molecular formula is C30H30ClN3O3S. The molecule has 0 radical (unpaired) electrons. The molecule has 0 fully saturated rings. The van der Waals surface area contributed by atoms with E-state index in [1.165, 1.54) is 0 Å². The first-order chi connectivity index (χ1) is 18.0. The number of esters is 1. The van der Waals surface area contributed by atoms with Crippen LogP contribution in [0.5, 0.6) is 0 Å². The van der Waals surface area contributed by atoms with Crippen molar-refractivity contribution in [1.82, 2.24) is 15.0 Å². The number of thiazole rings is 1. The second-order valence-electron chi connectivity index (χ2n) is 10.3. The summed E-state index contributed by atoms with van der Waals surface area (Å²) >= 11 is 7.82. The van der Waals surface area contributed by atoms with Crippen LogP contribution in [0.1, 0.15) is 50.6 Å². The molecule has 0 aliphatic rings. The van der Waals surface area contributed by atoms with E-state index in [0.717, 1.165) is 59.8 Å². The maximum Gasteiger partial charge on any atom is 0.339 e. The summed E-state index contributed by atoms with van der Waals surface area (Å²) in [7, 11) is 0. The van der Waals surface area contributed by atoms with Gasteiger partial charge in [0.1, 0.15) is 10.7 Å². The highest BCUT2D eigenvalue weighted by Gasteiger charge is 2.33. The van der Waals surface area contributed by atoms with E-state index in [1.54, 1.807) is 18.3 Å². The van der Waals surface area contributed by atoms with Crippen LogP contribution >= 0.6 is 22.9 Å². The van der Waals surface area contributed by atoms with Gasteiger partial charge in [0.05, 0.1) is 22.4 Å². The van der Waals surface area contributed by atoms with Gasteiger partial charge in [0.15, 0.2) is 6.10 Å². The Morgan fingerprint density at radius 1 is 1.11 bits per heavy atom. The van der Waals surface area contributed by atoms with E-state index in [0.29, 0.717) is 5.02 Å². The van der Waals surface area contributed by atoms with Crippen LogP contribution in [0.4, 0.5) is 0 Å². The molecule has 0 spiro atoms. The minimum Gasteiger partial charge on any atom is -0.464 e. The van der Waals surface area contributed by atoms with Gasteiger partial charge >= 0.3 is 5.97 Å². The SMILES string of the molecule is CCOC(=O)C(OC(C)(C)C)c1c(C)cc2nc(-c3cnc4[nH]c(C)cc4c3)sc2c1-c1ccc(Cl)cc1. The molecule has 0 aliphatic carbocycles. The first kappa shape index (κ1) is 26.4. The highest BCUT2D eigenvalue weighted by Crippen LogP contribution is 2.44. The number of H-pyrrole nitrogens is 1. The predicted molar refractivity (Wildman–Crippen MR) is 155 cm³/mol. The summed E-state index contributed by atoms with van der Waals surface area (Å²) in [5.41, 5.74) is 6.61. The minimum absolute atomic E-state index is 0.263. The standard InChI is InChI=1S/C30H30ClN3O3S/c1-7-36-29(35)25(37-30(4,5)6)23-16(2)12-22-26(24(23)18-8-10-21(31)11-9-18)38-28(34-22)20-14-19-13-17(3)33-27(19)32-15-20/h8-15,25H,7H2,1-6H3,(H,32,33). The number of carbonyl (C=O) groups is 1. The van der Waals surface area contributed by atoms with Crippen molar-refractivity contribution < 1.29 is 14.3 Å². The normalized spacial score (nSPS) is 12.8. The Kier molecular flexibility index (Phi) is 7.03. The van der Waals surface area contributed by atoms with Crippen LogP contribution in [-0.4, -0.2) is 33.1 Å². The third-order valence-electron chi connectivity index (χ3n) is 6.15. The lowest BCUT2D eigenvalue weighted by Crippen LogP contribution is -2.29. The molecule has 0 amide bonds. The van der Waals surface area contributed by atoms with Gasteiger partial charge in [-0.25, -0.2) is 14.8 Å². The van der Waals surface area contributed by atoms with E-state index >= 15 is 0 Å². The number of fused-ring (bicyclic) bond motifs is 2. The number of aromatic nitrogens is 3. The van der Waals surface area contributed by atoms with E-state index in [9.17, 15) is 4.79 Å². The van der Waals surface area contributed by atoms with Crippen molar-refractivity contribution in [3.63, 3.8) is 0 Å². The van der Waals surface area contributed by atoms with Gasteiger partial charge in [-0.2, -0.15) is 0 Å². The smallest absolute Gasteiger partial charge is 0.339 e. The van der Waals surface area contributed by atoms with Crippen LogP contribution < -0.4 is 0 Å². The average molecular weight is 548 g/mol. The van der Waals surface area contributed by atoms with Crippen molar-refractivity contribution >= 4 is 50.2 Å². The summed E-state index contributed by atoms with van der Waals surface area (Å²) in [5.74, 6) is -0.415. The maximum absolute atomic E-state index is 13.3. The van der Waals surface area contributed by atoms with Crippen molar-refractivity contribution in [2.75, 3.05) is 6.61 Å². The number of rotatable bonds is 6. The van der Waals surface area contributed by atoms with Gasteiger partial charge < -0.3 is 14.5 Å². The number of hydrogen-bond acceptors (Lipinski definition) is 6. The Hall–Kier alpha value is -3.26. The molecule has 6 nitrogen and oxygen atoms in total. The second kappa shape index (κ2) is 10.1. The molecule has 1 unspecified atom stereocenters. The number of ether oxygens (including phenoxy) is 2. The van der Waals surface area contributed by atoms with Crippen molar-refractivity contribution in [3.8, 4) is 21.7 Å². The fourth-order valence-electron chi connectivity index (χ4n) is 4.64. The fraction of sp³-hybridized carbons (Fsp3) is 0.300. The molecule has 1 atom stereocenters. The maximum atomic E-state index is 13.3. The monoisotopic (exact) mass is 547 g/mol. The lowest BCUT2D eigenvalue weighted by molar-refractivity contribution is -0.166. The number of aryl methyl sites for hydroxylation is 2. The van der Waals surface area contributed by atoms with Crippen molar-refractivity contribution in [2.24, 2.45) is 0 Å². The molecule has 0 saturated carbocycles. The fourth-order valence-corrected chi connectivity index (χ4v) is 5.87. The van der Waals surface area contributed by atoms with Crippen LogP contribution in [-0.2, 0) is 14.3 Å². The van der Waals surface area contributed by atoms with Crippen molar-refractivity contribution in [3.05, 3.63) is 70.5 Å². The van der Waals surface area contributed by atoms with Crippen molar-refractivity contribution in [1.29, 1.82) is 0 Å². The third kappa shape index (κ3) is 5.19. The molecule has 0 saturated heterocycles. The summed E-state index contributed by atoms with van der Waals surface area (Å²) in [6, 6.07) is 13.8. The zero-order valence-corrected chi connectivity index (χ0v) is 23.9. The predicted octanol–water partition coefficient (Wildman–Crippen LogP) is 8.20. The van der Waals surface area contributed by atoms with Gasteiger partial charge in [-0.1, -0.05) is 23.7 Å². The molecule has 3 aromatic heterocycles. The number of halogens is 1. The number of hydrogen-bond donors (Lipinski definition) is 1. The van der Waals surface area contributed by atoms with Gasteiger partial charge in [-0.3, -0.25) is 0 Å². The number of nitrogens with zero attached hydrogens (tertiary/aromatic N) is 2. The summed E-state index contributed by atoms with van der Waals surface area (Å²) in [5, 5.41) is 2.53. The molecule has 5 rings (SSSR count). The highest BCUT2D eigenvalue weighted by atomic mass is 35.5. The lowest BCUT2D eigenvalue weighted by atomic mass is 9.91. The number of benzene rings is 2. The Labute approximate surface area is 231 Å². The number of nitrogens with one attached hydrogen (secondary N) is 1. The molecule has 1 N–H and O–H groups in total. The molecule has 38 heavy (non-hydrogen) atoms. The van der Waals surface area contributed by atoms with Gasteiger partial charge in [0, 0.05) is 39.0 Å². The zero-order chi connectivity index (χ0) is 27.2. The first-order valence-corrected chi connectivity index (χ1v) is 13.7. The Balaban J connectivity index is 1.77. The zero-order valence-electron chi connectivity index (χ0n) is 22.3. The quantitative estimate of drug-likeness (QED) is 0.217. The topological polar surface area (TPSA) is 77.1 Å². The summed E-state index contributed by atoms with van der Waals surface area (Å²) < 4.78 is 12.8. The molecule has 196 valence electrons. The van der Waals surface area contributed by atoms with Crippen LogP contribution in [0.2, 0.25) is 5.02 Å². The van der Waals surface area contributed by atoms with Gasteiger partial charge in [-0.15, -0.1) is 11.3 Å². The van der Waals surface area contributed by atoms with E-state index in [4.69, 9.17) is 26.1 Å². The molecular weight excluding hydrogens is 518 g/mol. The molecule has 3 heterocycles. The Bertz CT molecular complexity index is 1650. The molecule has 5 aromatic rings. The summed E-state index contributed by atoms with van der Waals surface area (Å²) in [6.45, 7) is 11.9. The highest BCUT2D eigenvalue weighted by molar-refractivity contribution is 7.22. The van der Waals surface area contributed by atoms with E-state index in [1.807, 2.05) is 71.1 Å². The van der Waals surface area contributed by atoms with Crippen LogP contribution in [0.15, 0.2) is 48.7 Å². The van der Waals surface area contributed by atoms with Crippen LogP contribution in [0, 0.1) is 13.8 Å². The molecule has 0 aliphatic heterocycles. The minimum atomic E-state index is -0.906. The van der Waals surface area contributed by atoms with Crippen LogP contribution in [0.25, 0.3) is 42.9 Å². The first-order valence-electron chi connectivity index (χ1n) is 12.5. The van der Waals surface area contributed by atoms with Gasteiger partial charge in [0.25, 0.3) is 0 Å². The van der Waals surface area contributed by atoms with E-state index in [2.05, 4.69) is 22.1 Å². The largest absolute Gasteiger partial charge is 0.464 e. The molecule has 2 aromatic carbocycles. The Morgan fingerprint density at radius 3 is 2.53 bits per heavy atom. The number of aromatic amines is 1. The average Bonchev–Trinajstić information content (AvgIpc) is 3.43. The number of pyridine rings is 1. The second-order valence-corrected chi connectivity index (χ2v) is 11.8. The van der Waals surface area contributed by atoms with E-state index in [-0.39, 0.29) is 6.61 Å². The van der Waals surface area contributed by atoms with Gasteiger partial charge in [-0.05, 0) is 83.0 Å². The Morgan fingerprint density at radius 2 is 1.84 bits per heavy atom. The molecule has 0 bridgehead atoms. The third-order valence-corrected chi connectivity index (χ3v) is 7.54. The molecule has 8 heteroatoms. The van der Waals surface area contributed by atoms with Gasteiger partial charge in [0.2, 0.25) is 0 Å². The summed E-state index contributed by atoms with van der Waals surface area (Å²) in [6.07, 6.45) is 0.937. The number of carbonyl (C=O) groups excluding carboxylic acids is 1. The van der Waals surface area contributed by atoms with Crippen molar-refractivity contribution in [2.45, 2.75) is 53.2 Å². The van der Waals surface area contributed by atoms with Crippen LogP contribution in [0.3, 0.4) is 0 Å². The summed E-state index contributed by atoms with van der Waals surface area (Å²) in [4.78, 5) is 26.2. The lowest BCUT2D eigenvalue weighted by Gasteiger charge is -2.29.